The van der Waals surface area contributed by atoms with E-state index in [4.69, 9.17) is 0 Å². The van der Waals surface area contributed by atoms with Crippen molar-refractivity contribution in [1.29, 1.82) is 0 Å². The van der Waals surface area contributed by atoms with Gasteiger partial charge in [-0.2, -0.15) is 0 Å². The van der Waals surface area contributed by atoms with Gasteiger partial charge in [0.05, 0.1) is 11.0 Å². The number of nitrogens with zero attached hydrogens (tertiary/aromatic N) is 2. The maximum Gasteiger partial charge on any atom is 0.311 e. The predicted octanol–water partition coefficient (Wildman–Crippen LogP) is 1.72. The van der Waals surface area contributed by atoms with E-state index in [1.165, 1.54) is 0 Å². The molecule has 0 aliphatic carbocycles. The van der Waals surface area contributed by atoms with Crippen LogP contribution in [0.15, 0.2) is 18.3 Å². The third-order valence-electron chi connectivity index (χ3n) is 3.66. The van der Waals surface area contributed by atoms with E-state index in [1.54, 1.807) is 30.2 Å². The van der Waals surface area contributed by atoms with Gasteiger partial charge in [0.2, 0.25) is 0 Å². The number of aryl methyl sites for hydroxylation is 1. The van der Waals surface area contributed by atoms with E-state index in [-0.39, 0.29) is 12.5 Å². The number of carbonyl (C=O) groups excluding carboxylic acids is 1. The van der Waals surface area contributed by atoms with Crippen LogP contribution >= 0.6 is 0 Å². The van der Waals surface area contributed by atoms with Crippen LogP contribution in [0.25, 0.3) is 0 Å². The first kappa shape index (κ1) is 13.5. The van der Waals surface area contributed by atoms with Crippen molar-refractivity contribution in [2.75, 3.05) is 13.1 Å². The Morgan fingerprint density at radius 1 is 1.42 bits per heavy atom. The maximum absolute atomic E-state index is 12.3. The second-order valence-corrected chi connectivity index (χ2v) is 5.38. The highest BCUT2D eigenvalue weighted by molar-refractivity contribution is 5.94. The van der Waals surface area contributed by atoms with Crippen molar-refractivity contribution in [3.63, 3.8) is 0 Å². The summed E-state index contributed by atoms with van der Waals surface area (Å²) in [6, 6.07) is 3.52. The van der Waals surface area contributed by atoms with Gasteiger partial charge < -0.3 is 10.0 Å². The summed E-state index contributed by atoms with van der Waals surface area (Å²) in [6.45, 7) is 4.42. The number of pyridine rings is 1. The van der Waals surface area contributed by atoms with E-state index in [2.05, 4.69) is 4.98 Å². The summed E-state index contributed by atoms with van der Waals surface area (Å²) in [5.41, 5.74) is 0.525. The Kier molecular flexibility index (Phi) is 3.55. The van der Waals surface area contributed by atoms with Crippen molar-refractivity contribution in [2.45, 2.75) is 26.7 Å². The van der Waals surface area contributed by atoms with Gasteiger partial charge in [-0.05, 0) is 38.8 Å². The van der Waals surface area contributed by atoms with Crippen LogP contribution in [-0.4, -0.2) is 40.0 Å². The monoisotopic (exact) mass is 262 g/mol. The molecule has 1 aromatic heterocycles. The third kappa shape index (κ3) is 2.75. The Morgan fingerprint density at radius 3 is 2.74 bits per heavy atom. The average Bonchev–Trinajstić information content (AvgIpc) is 2.39. The van der Waals surface area contributed by atoms with Gasteiger partial charge >= 0.3 is 5.97 Å². The number of aromatic nitrogens is 1. The first-order chi connectivity index (χ1) is 8.92. The van der Waals surface area contributed by atoms with E-state index >= 15 is 0 Å². The SMILES string of the molecule is Cc1ccc(C(=O)N2CCCC(C)(C(=O)O)C2)cn1. The molecule has 0 spiro atoms. The molecule has 2 rings (SSSR count). The van der Waals surface area contributed by atoms with Crippen LogP contribution in [0.3, 0.4) is 0 Å². The molecule has 1 unspecified atom stereocenters. The standard InChI is InChI=1S/C14H18N2O3/c1-10-4-5-11(8-15-10)12(17)16-7-3-6-14(2,9-16)13(18)19/h4-5,8H,3,6-7,9H2,1-2H3,(H,18,19). The molecule has 1 aliphatic rings. The van der Waals surface area contributed by atoms with Gasteiger partial charge in [-0.25, -0.2) is 0 Å². The van der Waals surface area contributed by atoms with Crippen LogP contribution in [0.5, 0.6) is 0 Å². The number of piperidine rings is 1. The number of aliphatic carboxylic acids is 1. The van der Waals surface area contributed by atoms with Gasteiger partial charge in [0, 0.05) is 25.0 Å². The zero-order valence-electron chi connectivity index (χ0n) is 11.2. The van der Waals surface area contributed by atoms with Crippen molar-refractivity contribution in [3.05, 3.63) is 29.6 Å². The quantitative estimate of drug-likeness (QED) is 0.881. The Balaban J connectivity index is 2.15. The summed E-state index contributed by atoms with van der Waals surface area (Å²) in [5.74, 6) is -0.980. The number of hydrogen-bond acceptors (Lipinski definition) is 3. The Morgan fingerprint density at radius 2 is 2.16 bits per heavy atom. The highest BCUT2D eigenvalue weighted by Gasteiger charge is 2.39. The number of amides is 1. The van der Waals surface area contributed by atoms with Crippen molar-refractivity contribution >= 4 is 11.9 Å². The molecule has 1 saturated heterocycles. The van der Waals surface area contributed by atoms with Crippen molar-refractivity contribution < 1.29 is 14.7 Å². The van der Waals surface area contributed by atoms with E-state index in [0.717, 1.165) is 5.69 Å². The zero-order valence-corrected chi connectivity index (χ0v) is 11.2. The fraction of sp³-hybridized carbons (Fsp3) is 0.500. The summed E-state index contributed by atoms with van der Waals surface area (Å²) < 4.78 is 0. The molecule has 0 bridgehead atoms. The number of rotatable bonds is 2. The van der Waals surface area contributed by atoms with Crippen LogP contribution in [0.4, 0.5) is 0 Å². The number of hydrogen-bond donors (Lipinski definition) is 1. The molecule has 5 heteroatoms. The van der Waals surface area contributed by atoms with Crippen molar-refractivity contribution in [3.8, 4) is 0 Å². The first-order valence-electron chi connectivity index (χ1n) is 6.38. The molecule has 0 radical (unpaired) electrons. The second kappa shape index (κ2) is 4.99. The molecular weight excluding hydrogens is 244 g/mol. The average molecular weight is 262 g/mol. The summed E-state index contributed by atoms with van der Waals surface area (Å²) >= 11 is 0. The molecular formula is C14H18N2O3. The van der Waals surface area contributed by atoms with E-state index in [0.29, 0.717) is 24.9 Å². The molecule has 1 fully saturated rings. The molecule has 19 heavy (non-hydrogen) atoms. The topological polar surface area (TPSA) is 70.5 Å². The molecule has 5 nitrogen and oxygen atoms in total. The minimum Gasteiger partial charge on any atom is -0.481 e. The molecule has 102 valence electrons. The highest BCUT2D eigenvalue weighted by atomic mass is 16.4. The van der Waals surface area contributed by atoms with Crippen LogP contribution < -0.4 is 0 Å². The smallest absolute Gasteiger partial charge is 0.311 e. The summed E-state index contributed by atoms with van der Waals surface area (Å²) in [6.07, 6.45) is 2.87. The van der Waals surface area contributed by atoms with Crippen molar-refractivity contribution in [2.24, 2.45) is 5.41 Å². The van der Waals surface area contributed by atoms with Gasteiger partial charge in [0.25, 0.3) is 5.91 Å². The fourth-order valence-electron chi connectivity index (χ4n) is 2.36. The fourth-order valence-corrected chi connectivity index (χ4v) is 2.36. The van der Waals surface area contributed by atoms with Crippen LogP contribution in [0, 0.1) is 12.3 Å². The lowest BCUT2D eigenvalue weighted by Crippen LogP contribution is -2.48. The number of likely N-dealkylation sites (tertiary alicyclic amines) is 1. The number of carboxylic acids is 1. The Bertz CT molecular complexity index is 498. The van der Waals surface area contributed by atoms with Gasteiger partial charge in [0.1, 0.15) is 0 Å². The van der Waals surface area contributed by atoms with E-state index < -0.39 is 11.4 Å². The first-order valence-corrected chi connectivity index (χ1v) is 6.38. The zero-order chi connectivity index (χ0) is 14.0. The molecule has 1 atom stereocenters. The van der Waals surface area contributed by atoms with Crippen LogP contribution in [0.1, 0.15) is 35.8 Å². The highest BCUT2D eigenvalue weighted by Crippen LogP contribution is 2.30. The summed E-state index contributed by atoms with van der Waals surface area (Å²) in [4.78, 5) is 29.3. The lowest BCUT2D eigenvalue weighted by Gasteiger charge is -2.37. The van der Waals surface area contributed by atoms with Gasteiger partial charge in [0.15, 0.2) is 0 Å². The maximum atomic E-state index is 12.3. The molecule has 0 saturated carbocycles. The summed E-state index contributed by atoms with van der Waals surface area (Å²) in [7, 11) is 0. The molecule has 1 amide bonds. The normalized spacial score (nSPS) is 23.2. The Labute approximate surface area is 112 Å². The molecule has 1 N–H and O–H groups in total. The minimum atomic E-state index is -0.841. The lowest BCUT2D eigenvalue weighted by atomic mass is 9.82. The predicted molar refractivity (Wildman–Crippen MR) is 69.9 cm³/mol. The van der Waals surface area contributed by atoms with Gasteiger partial charge in [-0.15, -0.1) is 0 Å². The molecule has 2 heterocycles. The summed E-state index contributed by atoms with van der Waals surface area (Å²) in [5, 5.41) is 9.25. The number of carbonyl (C=O) groups is 2. The van der Waals surface area contributed by atoms with Gasteiger partial charge in [-0.1, -0.05) is 0 Å². The Hall–Kier alpha value is -1.91. The molecule has 1 aliphatic heterocycles. The van der Waals surface area contributed by atoms with E-state index in [1.807, 2.05) is 6.92 Å². The minimum absolute atomic E-state index is 0.139. The van der Waals surface area contributed by atoms with Gasteiger partial charge in [-0.3, -0.25) is 14.6 Å². The second-order valence-electron chi connectivity index (χ2n) is 5.38. The largest absolute Gasteiger partial charge is 0.481 e. The van der Waals surface area contributed by atoms with E-state index in [9.17, 15) is 14.7 Å². The number of carboxylic acid groups (broad SMARTS) is 1. The lowest BCUT2D eigenvalue weighted by molar-refractivity contribution is -0.150. The van der Waals surface area contributed by atoms with Crippen LogP contribution in [0.2, 0.25) is 0 Å². The van der Waals surface area contributed by atoms with Crippen molar-refractivity contribution in [1.82, 2.24) is 9.88 Å². The third-order valence-corrected chi connectivity index (χ3v) is 3.66. The molecule has 0 aromatic carbocycles. The van der Waals surface area contributed by atoms with Crippen LogP contribution in [-0.2, 0) is 4.79 Å². The molecule has 1 aromatic rings.